The monoisotopic (exact) mass is 194 g/mol. The lowest BCUT2D eigenvalue weighted by Gasteiger charge is -2.28. The SMILES string of the molecule is CN1CCCC([OH+]C2C=CC=CC2)C1. The summed E-state index contributed by atoms with van der Waals surface area (Å²) in [6, 6.07) is 0. The zero-order valence-corrected chi connectivity index (χ0v) is 8.89. The van der Waals surface area contributed by atoms with Crippen LogP contribution in [0.4, 0.5) is 0 Å². The summed E-state index contributed by atoms with van der Waals surface area (Å²) >= 11 is 0. The Morgan fingerprint density at radius 3 is 3.00 bits per heavy atom. The van der Waals surface area contributed by atoms with Crippen LogP contribution >= 0.6 is 0 Å². The van der Waals surface area contributed by atoms with Crippen molar-refractivity contribution in [2.45, 2.75) is 31.5 Å². The van der Waals surface area contributed by atoms with Crippen LogP contribution in [0.5, 0.6) is 0 Å². The molecule has 0 aromatic rings. The van der Waals surface area contributed by atoms with E-state index in [1.807, 2.05) is 0 Å². The van der Waals surface area contributed by atoms with Gasteiger partial charge in [-0.2, -0.15) is 0 Å². The minimum Gasteiger partial charge on any atom is -0.425 e. The molecule has 78 valence electrons. The summed E-state index contributed by atoms with van der Waals surface area (Å²) in [7, 11) is 2.19. The number of allylic oxidation sites excluding steroid dienone is 2. The van der Waals surface area contributed by atoms with Crippen LogP contribution in [-0.4, -0.2) is 42.0 Å². The molecule has 0 saturated carbocycles. The van der Waals surface area contributed by atoms with Crippen molar-refractivity contribution in [2.24, 2.45) is 0 Å². The summed E-state index contributed by atoms with van der Waals surface area (Å²) < 4.78 is 4.87. The quantitative estimate of drug-likeness (QED) is 0.608. The van der Waals surface area contributed by atoms with Crippen molar-refractivity contribution in [1.29, 1.82) is 0 Å². The average Bonchev–Trinajstić information content (AvgIpc) is 2.19. The third-order valence-electron chi connectivity index (χ3n) is 2.96. The van der Waals surface area contributed by atoms with Crippen LogP contribution in [0, 0.1) is 0 Å². The van der Waals surface area contributed by atoms with E-state index in [9.17, 15) is 0 Å². The van der Waals surface area contributed by atoms with Crippen LogP contribution in [0.2, 0.25) is 0 Å². The molecule has 0 amide bonds. The molecule has 2 aliphatic rings. The van der Waals surface area contributed by atoms with Gasteiger partial charge in [-0.1, -0.05) is 18.2 Å². The number of likely N-dealkylation sites (tertiary alicyclic amines) is 1. The third kappa shape index (κ3) is 2.69. The topological polar surface area (TPSA) is 16.0 Å². The molecule has 2 heteroatoms. The van der Waals surface area contributed by atoms with E-state index in [4.69, 9.17) is 4.74 Å². The number of ether oxygens (including phenoxy) is 1. The molecule has 1 N–H and O–H groups in total. The third-order valence-corrected chi connectivity index (χ3v) is 2.96. The van der Waals surface area contributed by atoms with Gasteiger partial charge in [0.15, 0.2) is 12.2 Å². The van der Waals surface area contributed by atoms with Crippen LogP contribution in [0.15, 0.2) is 24.3 Å². The Morgan fingerprint density at radius 1 is 1.36 bits per heavy atom. The lowest BCUT2D eigenvalue weighted by atomic mass is 10.1. The summed E-state index contributed by atoms with van der Waals surface area (Å²) in [6.45, 7) is 2.39. The van der Waals surface area contributed by atoms with E-state index in [0.29, 0.717) is 12.2 Å². The molecule has 1 saturated heterocycles. The largest absolute Gasteiger partial charge is 0.425 e. The normalized spacial score (nSPS) is 33.5. The average molecular weight is 194 g/mol. The number of likely N-dealkylation sites (N-methyl/N-ethyl adjacent to an activating group) is 1. The Kier molecular flexibility index (Phi) is 3.38. The molecule has 0 bridgehead atoms. The number of hydrogen-bond acceptors (Lipinski definition) is 1. The first-order valence-electron chi connectivity index (χ1n) is 5.56. The minimum atomic E-state index is 0.441. The number of hydrogen-bond donors (Lipinski definition) is 0. The second kappa shape index (κ2) is 4.76. The molecule has 1 aliphatic carbocycles. The van der Waals surface area contributed by atoms with Crippen LogP contribution in [0.25, 0.3) is 0 Å². The predicted molar refractivity (Wildman–Crippen MR) is 59.4 cm³/mol. The van der Waals surface area contributed by atoms with Crippen LogP contribution in [0.1, 0.15) is 19.3 Å². The highest BCUT2D eigenvalue weighted by Gasteiger charge is 2.24. The highest BCUT2D eigenvalue weighted by atomic mass is 16.5. The molecular formula is C12H20NO+. The molecule has 1 heterocycles. The Morgan fingerprint density at radius 2 is 2.29 bits per heavy atom. The van der Waals surface area contributed by atoms with Crippen molar-refractivity contribution in [3.05, 3.63) is 24.3 Å². The highest BCUT2D eigenvalue weighted by molar-refractivity contribution is 5.11. The van der Waals surface area contributed by atoms with Gasteiger partial charge in [0.2, 0.25) is 0 Å². The molecule has 1 fully saturated rings. The molecule has 0 spiro atoms. The Balaban J connectivity index is 1.79. The van der Waals surface area contributed by atoms with Gasteiger partial charge in [0.05, 0.1) is 6.54 Å². The van der Waals surface area contributed by atoms with Gasteiger partial charge in [-0.15, -0.1) is 0 Å². The van der Waals surface area contributed by atoms with Gasteiger partial charge in [-0.05, 0) is 26.1 Å². The first-order chi connectivity index (χ1) is 6.84. The van der Waals surface area contributed by atoms with E-state index < -0.39 is 0 Å². The minimum absolute atomic E-state index is 0.441. The Bertz CT molecular complexity index is 234. The second-order valence-corrected chi connectivity index (χ2v) is 4.32. The van der Waals surface area contributed by atoms with Gasteiger partial charge >= 0.3 is 0 Å². The fourth-order valence-corrected chi connectivity index (χ4v) is 2.21. The van der Waals surface area contributed by atoms with Crippen LogP contribution < -0.4 is 0 Å². The van der Waals surface area contributed by atoms with Crippen molar-refractivity contribution in [2.75, 3.05) is 20.1 Å². The summed E-state index contributed by atoms with van der Waals surface area (Å²) in [5.41, 5.74) is 0. The first-order valence-corrected chi connectivity index (χ1v) is 5.56. The van der Waals surface area contributed by atoms with Crippen LogP contribution in [-0.2, 0) is 0 Å². The maximum Gasteiger partial charge on any atom is 0.177 e. The van der Waals surface area contributed by atoms with Crippen molar-refractivity contribution in [1.82, 2.24) is 4.90 Å². The predicted octanol–water partition coefficient (Wildman–Crippen LogP) is 1.49. The lowest BCUT2D eigenvalue weighted by molar-refractivity contribution is -0.157. The molecule has 2 unspecified atom stereocenters. The summed E-state index contributed by atoms with van der Waals surface area (Å²) in [5.74, 6) is 0. The van der Waals surface area contributed by atoms with Gasteiger partial charge in [0.25, 0.3) is 0 Å². The van der Waals surface area contributed by atoms with E-state index in [2.05, 4.69) is 36.3 Å². The molecule has 2 rings (SSSR count). The molecule has 2 atom stereocenters. The van der Waals surface area contributed by atoms with Crippen molar-refractivity contribution < 1.29 is 4.74 Å². The number of rotatable bonds is 2. The number of aliphatic hydroxyl groups is 2. The number of piperidine rings is 1. The summed E-state index contributed by atoms with van der Waals surface area (Å²) in [5, 5.41) is 0. The van der Waals surface area contributed by atoms with Crippen molar-refractivity contribution >= 4 is 0 Å². The van der Waals surface area contributed by atoms with E-state index >= 15 is 0 Å². The number of nitrogens with zero attached hydrogens (tertiary/aromatic N) is 1. The smallest absolute Gasteiger partial charge is 0.177 e. The molecule has 0 aromatic heterocycles. The van der Waals surface area contributed by atoms with Crippen LogP contribution in [0.3, 0.4) is 0 Å². The van der Waals surface area contributed by atoms with E-state index in [1.165, 1.54) is 19.4 Å². The maximum atomic E-state index is 4.87. The molecule has 0 aromatic carbocycles. The molecular weight excluding hydrogens is 174 g/mol. The first kappa shape index (κ1) is 9.94. The van der Waals surface area contributed by atoms with E-state index in [0.717, 1.165) is 13.0 Å². The summed E-state index contributed by atoms with van der Waals surface area (Å²) in [4.78, 5) is 2.39. The maximum absolute atomic E-state index is 4.87. The van der Waals surface area contributed by atoms with Crippen molar-refractivity contribution in [3.8, 4) is 0 Å². The fourth-order valence-electron chi connectivity index (χ4n) is 2.21. The molecule has 1 aliphatic heterocycles. The van der Waals surface area contributed by atoms with E-state index in [-0.39, 0.29) is 0 Å². The zero-order valence-electron chi connectivity index (χ0n) is 8.89. The summed E-state index contributed by atoms with van der Waals surface area (Å²) in [6.07, 6.45) is 13.3. The standard InChI is InChI=1S/C12H19NO/c1-13-9-5-8-12(10-13)14-11-6-3-2-4-7-11/h2-4,6,11-12H,5,7-10H2,1H3/p+1. The molecule has 14 heavy (non-hydrogen) atoms. The lowest BCUT2D eigenvalue weighted by Crippen LogP contribution is -2.40. The van der Waals surface area contributed by atoms with E-state index in [1.54, 1.807) is 0 Å². The fraction of sp³-hybridized carbons (Fsp3) is 0.667. The van der Waals surface area contributed by atoms with Crippen molar-refractivity contribution in [3.63, 3.8) is 0 Å². The van der Waals surface area contributed by atoms with Gasteiger partial charge in [0, 0.05) is 12.8 Å². The second-order valence-electron chi connectivity index (χ2n) is 4.32. The zero-order chi connectivity index (χ0) is 9.80. The Hall–Kier alpha value is -0.600. The highest BCUT2D eigenvalue weighted by Crippen LogP contribution is 2.14. The Labute approximate surface area is 86.2 Å². The molecule has 0 radical (unpaired) electrons. The van der Waals surface area contributed by atoms with Gasteiger partial charge in [0.1, 0.15) is 0 Å². The van der Waals surface area contributed by atoms with Gasteiger partial charge < -0.3 is 4.74 Å². The molecule has 2 nitrogen and oxygen atoms in total. The van der Waals surface area contributed by atoms with Gasteiger partial charge in [-0.3, -0.25) is 4.90 Å². The van der Waals surface area contributed by atoms with Gasteiger partial charge in [-0.25, -0.2) is 0 Å².